The fourth-order valence-corrected chi connectivity index (χ4v) is 5.80. The molecule has 11 heteroatoms. The number of carboxylic acid groups (broad SMARTS) is 1. The monoisotopic (exact) mass is 594 g/mol. The van der Waals surface area contributed by atoms with Crippen LogP contribution in [0.25, 0.3) is 11.3 Å². The predicted octanol–water partition coefficient (Wildman–Crippen LogP) is 5.16. The second-order valence-corrected chi connectivity index (χ2v) is 11.9. The lowest BCUT2D eigenvalue weighted by Crippen LogP contribution is -2.56. The molecule has 10 nitrogen and oxygen atoms in total. The normalized spacial score (nSPS) is 20.3. The van der Waals surface area contributed by atoms with Crippen molar-refractivity contribution in [2.75, 3.05) is 11.9 Å². The number of aromatic nitrogens is 4. The van der Waals surface area contributed by atoms with Crippen LogP contribution in [-0.2, 0) is 34.4 Å². The maximum absolute atomic E-state index is 13.4. The third-order valence-electron chi connectivity index (χ3n) is 8.30. The zero-order valence-corrected chi connectivity index (χ0v) is 24.8. The van der Waals surface area contributed by atoms with Gasteiger partial charge in [0.15, 0.2) is 0 Å². The van der Waals surface area contributed by atoms with Crippen molar-refractivity contribution >= 4 is 29.5 Å². The molecular weight excluding hydrogens is 556 g/mol. The number of halogens is 1. The lowest BCUT2D eigenvalue weighted by Gasteiger charge is -2.39. The Morgan fingerprint density at radius 2 is 1.88 bits per heavy atom. The first-order valence-electron chi connectivity index (χ1n) is 14.8. The quantitative estimate of drug-likeness (QED) is 0.171. The van der Waals surface area contributed by atoms with E-state index in [0.29, 0.717) is 67.7 Å². The summed E-state index contributed by atoms with van der Waals surface area (Å²) in [6, 6.07) is 9.70. The Balaban J connectivity index is 1.23. The lowest BCUT2D eigenvalue weighted by molar-refractivity contribution is -0.155. The minimum absolute atomic E-state index is 0.0720. The molecule has 42 heavy (non-hydrogen) atoms. The molecule has 224 valence electrons. The number of carboxylic acids is 1. The molecule has 2 aliphatic rings. The Morgan fingerprint density at radius 3 is 2.60 bits per heavy atom. The molecule has 3 aromatic rings. The van der Waals surface area contributed by atoms with Gasteiger partial charge in [0.25, 0.3) is 0 Å². The lowest BCUT2D eigenvalue weighted by atomic mass is 9.79. The molecule has 0 radical (unpaired) electrons. The van der Waals surface area contributed by atoms with Crippen LogP contribution in [0.5, 0.6) is 0 Å². The molecule has 0 atom stereocenters. The SMILES string of the molecule is Cn1ncc(-c2nc(NC3CCC(NCCCCC(=O)O)(C(=O)OCc4ccccc4)CC3)ncc2Cl)c1CC1CC1. The number of ether oxygens (including phenoxy) is 1. The number of nitrogens with zero attached hydrogens (tertiary/aromatic N) is 4. The Bertz CT molecular complexity index is 1370. The molecule has 0 unspecified atom stereocenters. The second kappa shape index (κ2) is 13.6. The zero-order valence-electron chi connectivity index (χ0n) is 24.0. The summed E-state index contributed by atoms with van der Waals surface area (Å²) in [6.07, 6.45) is 10.8. The molecule has 2 fully saturated rings. The standard InChI is InChI=1S/C31H39ClN6O4/c1-38-26(17-21-10-11-21)24(18-35-38)28-25(32)19-33-30(37-28)36-23-12-14-31(15-13-23,34-16-6-5-9-27(39)40)29(41)42-20-22-7-3-2-4-8-22/h2-4,7-8,18-19,21,23,34H,5-6,9-17,20H2,1H3,(H,39,40)(H,33,36,37). The van der Waals surface area contributed by atoms with Gasteiger partial charge in [-0.3, -0.25) is 14.3 Å². The number of unbranched alkanes of at least 4 members (excludes halogenated alkanes) is 1. The van der Waals surface area contributed by atoms with Crippen molar-refractivity contribution in [3.05, 3.63) is 59.0 Å². The van der Waals surface area contributed by atoms with Crippen LogP contribution in [0.4, 0.5) is 5.95 Å². The summed E-state index contributed by atoms with van der Waals surface area (Å²) in [6.45, 7) is 0.756. The second-order valence-electron chi connectivity index (χ2n) is 11.5. The topological polar surface area (TPSA) is 131 Å². The maximum Gasteiger partial charge on any atom is 0.326 e. The molecule has 0 spiro atoms. The Kier molecular flexibility index (Phi) is 9.74. The number of carbonyl (C=O) groups excluding carboxylic acids is 1. The number of nitrogens with one attached hydrogen (secondary N) is 2. The van der Waals surface area contributed by atoms with E-state index in [1.165, 1.54) is 12.8 Å². The zero-order chi connectivity index (χ0) is 29.5. The summed E-state index contributed by atoms with van der Waals surface area (Å²) < 4.78 is 7.69. The van der Waals surface area contributed by atoms with Gasteiger partial charge in [0.1, 0.15) is 12.1 Å². The largest absolute Gasteiger partial charge is 0.481 e. The third-order valence-corrected chi connectivity index (χ3v) is 8.57. The van der Waals surface area contributed by atoms with Crippen LogP contribution in [0.2, 0.25) is 5.02 Å². The van der Waals surface area contributed by atoms with Gasteiger partial charge in [-0.05, 0) is 75.8 Å². The highest BCUT2D eigenvalue weighted by Gasteiger charge is 2.43. The summed E-state index contributed by atoms with van der Waals surface area (Å²) in [4.78, 5) is 33.6. The first kappa shape index (κ1) is 30.0. The molecule has 0 aliphatic heterocycles. The number of hydrogen-bond acceptors (Lipinski definition) is 8. The van der Waals surface area contributed by atoms with E-state index in [1.807, 2.05) is 48.3 Å². The van der Waals surface area contributed by atoms with Gasteiger partial charge in [0, 0.05) is 30.8 Å². The minimum atomic E-state index is -0.824. The average Bonchev–Trinajstić information content (AvgIpc) is 3.75. The van der Waals surface area contributed by atoms with Gasteiger partial charge < -0.3 is 20.5 Å². The Hall–Kier alpha value is -3.50. The molecular formula is C31H39ClN6O4. The molecule has 0 saturated heterocycles. The van der Waals surface area contributed by atoms with Crippen molar-refractivity contribution in [3.63, 3.8) is 0 Å². The molecule has 2 heterocycles. The van der Waals surface area contributed by atoms with Gasteiger partial charge in [-0.15, -0.1) is 0 Å². The number of esters is 1. The molecule has 2 aliphatic carbocycles. The summed E-state index contributed by atoms with van der Waals surface area (Å²) in [5.74, 6) is 0.119. The number of hydrogen-bond donors (Lipinski definition) is 3. The van der Waals surface area contributed by atoms with Crippen molar-refractivity contribution in [3.8, 4) is 11.3 Å². The third kappa shape index (κ3) is 7.66. The van der Waals surface area contributed by atoms with E-state index in [2.05, 4.69) is 20.7 Å². The molecule has 0 amide bonds. The van der Waals surface area contributed by atoms with Crippen molar-refractivity contribution in [2.45, 2.75) is 82.4 Å². The van der Waals surface area contributed by atoms with Gasteiger partial charge in [0.2, 0.25) is 5.95 Å². The number of rotatable bonds is 14. The highest BCUT2D eigenvalue weighted by Crippen LogP contribution is 2.37. The summed E-state index contributed by atoms with van der Waals surface area (Å²) in [5.41, 5.74) is 2.86. The molecule has 1 aromatic carbocycles. The van der Waals surface area contributed by atoms with Crippen LogP contribution in [0, 0.1) is 5.92 Å². The minimum Gasteiger partial charge on any atom is -0.481 e. The van der Waals surface area contributed by atoms with Crippen LogP contribution in [0.15, 0.2) is 42.7 Å². The van der Waals surface area contributed by atoms with E-state index in [9.17, 15) is 9.59 Å². The first-order valence-corrected chi connectivity index (χ1v) is 15.2. The summed E-state index contributed by atoms with van der Waals surface area (Å²) >= 11 is 6.56. The van der Waals surface area contributed by atoms with Crippen molar-refractivity contribution in [1.29, 1.82) is 0 Å². The first-order chi connectivity index (χ1) is 20.3. The number of anilines is 1. The van der Waals surface area contributed by atoms with E-state index in [-0.39, 0.29) is 25.0 Å². The number of carbonyl (C=O) groups is 2. The van der Waals surface area contributed by atoms with Crippen molar-refractivity contribution in [2.24, 2.45) is 13.0 Å². The van der Waals surface area contributed by atoms with Crippen LogP contribution >= 0.6 is 11.6 Å². The van der Waals surface area contributed by atoms with Crippen LogP contribution in [0.3, 0.4) is 0 Å². The summed E-state index contributed by atoms with van der Waals surface area (Å²) in [7, 11) is 1.95. The van der Waals surface area contributed by atoms with E-state index in [1.54, 1.807) is 6.20 Å². The fourth-order valence-electron chi connectivity index (χ4n) is 5.60. The molecule has 2 saturated carbocycles. The van der Waals surface area contributed by atoms with Gasteiger partial charge >= 0.3 is 11.9 Å². The number of benzene rings is 1. The van der Waals surface area contributed by atoms with E-state index in [4.69, 9.17) is 26.4 Å². The fraction of sp³-hybridized carbons (Fsp3) is 0.516. The van der Waals surface area contributed by atoms with Crippen LogP contribution in [0.1, 0.15) is 69.0 Å². The van der Waals surface area contributed by atoms with Gasteiger partial charge in [-0.25, -0.2) is 9.97 Å². The van der Waals surface area contributed by atoms with E-state index < -0.39 is 11.5 Å². The van der Waals surface area contributed by atoms with Gasteiger partial charge in [-0.1, -0.05) is 41.9 Å². The van der Waals surface area contributed by atoms with Crippen molar-refractivity contribution in [1.82, 2.24) is 25.1 Å². The highest BCUT2D eigenvalue weighted by molar-refractivity contribution is 6.33. The van der Waals surface area contributed by atoms with Gasteiger partial charge in [-0.2, -0.15) is 5.10 Å². The Labute approximate surface area is 251 Å². The smallest absolute Gasteiger partial charge is 0.326 e. The number of aryl methyl sites for hydroxylation is 1. The highest BCUT2D eigenvalue weighted by atomic mass is 35.5. The van der Waals surface area contributed by atoms with Crippen LogP contribution in [-0.4, -0.2) is 54.9 Å². The predicted molar refractivity (Wildman–Crippen MR) is 160 cm³/mol. The molecule has 3 N–H and O–H groups in total. The summed E-state index contributed by atoms with van der Waals surface area (Å²) in [5, 5.41) is 20.8. The molecule has 5 rings (SSSR count). The molecule has 2 aromatic heterocycles. The van der Waals surface area contributed by atoms with E-state index in [0.717, 1.165) is 23.2 Å². The maximum atomic E-state index is 13.4. The van der Waals surface area contributed by atoms with E-state index >= 15 is 0 Å². The number of aliphatic carboxylic acids is 1. The van der Waals surface area contributed by atoms with Gasteiger partial charge in [0.05, 0.1) is 23.1 Å². The average molecular weight is 595 g/mol. The Morgan fingerprint density at radius 1 is 1.12 bits per heavy atom. The van der Waals surface area contributed by atoms with Crippen molar-refractivity contribution < 1.29 is 19.4 Å². The van der Waals surface area contributed by atoms with Crippen LogP contribution < -0.4 is 10.6 Å². The molecule has 0 bridgehead atoms.